The highest BCUT2D eigenvalue weighted by Gasteiger charge is 2.21. The van der Waals surface area contributed by atoms with Gasteiger partial charge < -0.3 is 11.1 Å². The average Bonchev–Trinajstić information content (AvgIpc) is 2.66. The summed E-state index contributed by atoms with van der Waals surface area (Å²) in [5.74, 6) is 0.921. The third-order valence-corrected chi connectivity index (χ3v) is 3.15. The molecule has 15 heavy (non-hydrogen) atoms. The first kappa shape index (κ1) is 10.3. The van der Waals surface area contributed by atoms with Crippen LogP contribution in [-0.2, 0) is 0 Å². The largest absolute Gasteiger partial charge is 0.342 e. The molecule has 2 heterocycles. The maximum absolute atomic E-state index is 11.7. The third kappa shape index (κ3) is 2.24. The summed E-state index contributed by atoms with van der Waals surface area (Å²) in [5, 5.41) is 5.08. The standard InChI is InChI=1S/C10H13N3OS/c11-3-1-4-12-9-6-8(14)10-7(13-9)2-5-15-10/h2,5H,1,3-4,6,11H2,(H,12,13). The second-order valence-corrected chi connectivity index (χ2v) is 4.28. The van der Waals surface area contributed by atoms with E-state index in [-0.39, 0.29) is 5.78 Å². The van der Waals surface area contributed by atoms with Crippen molar-refractivity contribution in [1.82, 2.24) is 0 Å². The number of ketones is 1. The lowest BCUT2D eigenvalue weighted by Crippen LogP contribution is -2.23. The molecule has 0 radical (unpaired) electrons. The lowest BCUT2D eigenvalue weighted by Gasteiger charge is -2.15. The summed E-state index contributed by atoms with van der Waals surface area (Å²) in [6.45, 7) is 1.32. The molecule has 2 rings (SSSR count). The highest BCUT2D eigenvalue weighted by Crippen LogP contribution is 2.27. The van der Waals surface area contributed by atoms with Crippen molar-refractivity contribution >= 4 is 28.6 Å². The number of amidine groups is 1. The minimum Gasteiger partial charge on any atom is -0.342 e. The van der Waals surface area contributed by atoms with Crippen molar-refractivity contribution in [2.45, 2.75) is 12.8 Å². The van der Waals surface area contributed by atoms with E-state index in [0.717, 1.165) is 22.8 Å². The number of rotatable bonds is 3. The van der Waals surface area contributed by atoms with Crippen LogP contribution in [0.4, 0.5) is 5.69 Å². The van der Waals surface area contributed by atoms with Crippen LogP contribution in [0.25, 0.3) is 0 Å². The molecular weight excluding hydrogens is 210 g/mol. The van der Waals surface area contributed by atoms with Gasteiger partial charge >= 0.3 is 0 Å². The van der Waals surface area contributed by atoms with Crippen LogP contribution in [0.15, 0.2) is 16.4 Å². The van der Waals surface area contributed by atoms with E-state index in [2.05, 4.69) is 10.3 Å². The Morgan fingerprint density at radius 3 is 3.27 bits per heavy atom. The summed E-state index contributed by atoms with van der Waals surface area (Å²) in [5.41, 5.74) is 6.27. The molecule has 1 aliphatic rings. The Labute approximate surface area is 92.2 Å². The van der Waals surface area contributed by atoms with Crippen LogP contribution < -0.4 is 11.1 Å². The molecule has 4 nitrogen and oxygen atoms in total. The van der Waals surface area contributed by atoms with Crippen molar-refractivity contribution < 1.29 is 4.79 Å². The fourth-order valence-corrected chi connectivity index (χ4v) is 2.25. The molecule has 1 aromatic rings. The normalized spacial score (nSPS) is 17.7. The predicted octanol–water partition coefficient (Wildman–Crippen LogP) is 1.49. The van der Waals surface area contributed by atoms with E-state index in [4.69, 9.17) is 5.73 Å². The van der Waals surface area contributed by atoms with Gasteiger partial charge in [0.1, 0.15) is 5.84 Å². The van der Waals surface area contributed by atoms with Crippen LogP contribution in [0.3, 0.4) is 0 Å². The smallest absolute Gasteiger partial charge is 0.182 e. The number of carbonyl (C=O) groups excluding carboxylic acids is 1. The van der Waals surface area contributed by atoms with Crippen LogP contribution in [0.5, 0.6) is 0 Å². The van der Waals surface area contributed by atoms with Gasteiger partial charge in [-0.05, 0) is 24.4 Å². The van der Waals surface area contributed by atoms with Gasteiger partial charge in [0, 0.05) is 6.54 Å². The van der Waals surface area contributed by atoms with E-state index in [0.29, 0.717) is 19.5 Å². The third-order valence-electron chi connectivity index (χ3n) is 2.19. The van der Waals surface area contributed by atoms with E-state index in [1.54, 1.807) is 0 Å². The number of Topliss-reactive ketones (excluding diaryl/α,β-unsaturated/α-hetero) is 1. The van der Waals surface area contributed by atoms with Crippen molar-refractivity contribution in [2.75, 3.05) is 18.4 Å². The highest BCUT2D eigenvalue weighted by atomic mass is 32.1. The molecule has 5 heteroatoms. The first-order valence-electron chi connectivity index (χ1n) is 4.92. The van der Waals surface area contributed by atoms with E-state index in [1.807, 2.05) is 11.4 Å². The van der Waals surface area contributed by atoms with Crippen molar-refractivity contribution in [2.24, 2.45) is 10.7 Å². The molecule has 0 aliphatic carbocycles. The minimum atomic E-state index is 0.158. The maximum atomic E-state index is 11.7. The first-order valence-corrected chi connectivity index (χ1v) is 5.80. The number of nitrogens with one attached hydrogen (secondary N) is 1. The Balaban J connectivity index is 2.09. The molecule has 0 aromatic carbocycles. The van der Waals surface area contributed by atoms with Crippen LogP contribution in [0.1, 0.15) is 22.5 Å². The Morgan fingerprint density at radius 1 is 1.60 bits per heavy atom. The molecule has 0 spiro atoms. The Kier molecular flexibility index (Phi) is 3.13. The molecule has 0 amide bonds. The highest BCUT2D eigenvalue weighted by molar-refractivity contribution is 7.13. The van der Waals surface area contributed by atoms with Gasteiger partial charge in [-0.3, -0.25) is 9.79 Å². The van der Waals surface area contributed by atoms with E-state index in [9.17, 15) is 4.79 Å². The maximum Gasteiger partial charge on any atom is 0.182 e. The van der Waals surface area contributed by atoms with Gasteiger partial charge in [-0.2, -0.15) is 0 Å². The first-order chi connectivity index (χ1) is 7.31. The molecular formula is C10H13N3OS. The molecule has 0 saturated carbocycles. The molecule has 0 atom stereocenters. The van der Waals surface area contributed by atoms with Crippen molar-refractivity contribution in [3.63, 3.8) is 0 Å². The Hall–Kier alpha value is -1.20. The number of aliphatic imine (C=N–C) groups is 1. The van der Waals surface area contributed by atoms with Crippen LogP contribution in [0.2, 0.25) is 0 Å². The predicted molar refractivity (Wildman–Crippen MR) is 62.9 cm³/mol. The van der Waals surface area contributed by atoms with Gasteiger partial charge in [0.2, 0.25) is 0 Å². The van der Waals surface area contributed by atoms with Gasteiger partial charge in [-0.15, -0.1) is 11.3 Å². The number of nitrogens with zero attached hydrogens (tertiary/aromatic N) is 1. The fourth-order valence-electron chi connectivity index (χ4n) is 1.46. The van der Waals surface area contributed by atoms with E-state index in [1.165, 1.54) is 11.3 Å². The van der Waals surface area contributed by atoms with Crippen LogP contribution >= 0.6 is 11.3 Å². The second-order valence-electron chi connectivity index (χ2n) is 3.36. The van der Waals surface area contributed by atoms with Gasteiger partial charge in [-0.25, -0.2) is 0 Å². The molecule has 80 valence electrons. The van der Waals surface area contributed by atoms with Crippen molar-refractivity contribution in [3.05, 3.63) is 16.3 Å². The van der Waals surface area contributed by atoms with Crippen LogP contribution in [-0.4, -0.2) is 24.7 Å². The summed E-state index contributed by atoms with van der Waals surface area (Å²) >= 11 is 1.48. The van der Waals surface area contributed by atoms with E-state index >= 15 is 0 Å². The Morgan fingerprint density at radius 2 is 2.47 bits per heavy atom. The number of hydrogen-bond donors (Lipinski definition) is 2. The van der Waals surface area contributed by atoms with E-state index < -0.39 is 0 Å². The molecule has 0 fully saturated rings. The SMILES string of the molecule is NCCCN=C1CC(=O)c2sccc2N1. The van der Waals surface area contributed by atoms with Gasteiger partial charge in [0.25, 0.3) is 0 Å². The number of thiophene rings is 1. The lowest BCUT2D eigenvalue weighted by atomic mass is 10.1. The van der Waals surface area contributed by atoms with Crippen molar-refractivity contribution in [1.29, 1.82) is 0 Å². The molecule has 0 saturated heterocycles. The number of anilines is 1. The molecule has 3 N–H and O–H groups in total. The zero-order chi connectivity index (χ0) is 10.7. The summed E-state index contributed by atoms with van der Waals surface area (Å²) in [7, 11) is 0. The van der Waals surface area contributed by atoms with Crippen LogP contribution in [0, 0.1) is 0 Å². The number of hydrogen-bond acceptors (Lipinski definition) is 4. The second kappa shape index (κ2) is 4.55. The summed E-state index contributed by atoms with van der Waals surface area (Å²) in [4.78, 5) is 16.8. The lowest BCUT2D eigenvalue weighted by molar-refractivity contribution is 0.100. The molecule has 0 bridgehead atoms. The number of carbonyl (C=O) groups is 1. The number of nitrogens with two attached hydrogens (primary N) is 1. The van der Waals surface area contributed by atoms with Gasteiger partial charge in [-0.1, -0.05) is 0 Å². The fraction of sp³-hybridized carbons (Fsp3) is 0.400. The zero-order valence-corrected chi connectivity index (χ0v) is 9.14. The van der Waals surface area contributed by atoms with Crippen molar-refractivity contribution in [3.8, 4) is 0 Å². The summed E-state index contributed by atoms with van der Waals surface area (Å²) in [6, 6.07) is 1.91. The molecule has 0 unspecified atom stereocenters. The summed E-state index contributed by atoms with van der Waals surface area (Å²) < 4.78 is 0. The zero-order valence-electron chi connectivity index (χ0n) is 8.32. The summed E-state index contributed by atoms with van der Waals surface area (Å²) in [6.07, 6.45) is 1.24. The topological polar surface area (TPSA) is 67.5 Å². The van der Waals surface area contributed by atoms with Gasteiger partial charge in [0.15, 0.2) is 5.78 Å². The molecule has 1 aromatic heterocycles. The average molecular weight is 223 g/mol. The quantitative estimate of drug-likeness (QED) is 0.763. The number of fused-ring (bicyclic) bond motifs is 1. The monoisotopic (exact) mass is 223 g/mol. The Bertz CT molecular complexity index is 397. The molecule has 1 aliphatic heterocycles. The van der Waals surface area contributed by atoms with Gasteiger partial charge in [0.05, 0.1) is 17.0 Å². The minimum absolute atomic E-state index is 0.158.